The van der Waals surface area contributed by atoms with Gasteiger partial charge in [-0.3, -0.25) is 14.6 Å². The molecule has 3 N–H and O–H groups in total. The van der Waals surface area contributed by atoms with E-state index in [1.165, 1.54) is 0 Å². The highest BCUT2D eigenvalue weighted by molar-refractivity contribution is 5.98. The Kier molecular flexibility index (Phi) is 7.55. The van der Waals surface area contributed by atoms with E-state index in [1.807, 2.05) is 0 Å². The minimum Gasteiger partial charge on any atom is -0.388 e. The maximum atomic E-state index is 12.4. The van der Waals surface area contributed by atoms with Crippen LogP contribution in [0.25, 0.3) is 0 Å². The normalized spacial score (nSPS) is 11.2. The van der Waals surface area contributed by atoms with E-state index in [2.05, 4.69) is 40.7 Å². The van der Waals surface area contributed by atoms with E-state index in [9.17, 15) is 9.59 Å². The van der Waals surface area contributed by atoms with Gasteiger partial charge in [0, 0.05) is 11.1 Å². The molecule has 0 heterocycles. The molecule has 0 spiro atoms. The molecule has 1 aromatic rings. The number of amides is 1. The number of Topliss-reactive ketones (excluding diaryl/α,β-unsaturated/α-hetero) is 1. The zero-order valence-electron chi connectivity index (χ0n) is 14.2. The van der Waals surface area contributed by atoms with Crippen LogP contribution in [0.4, 0.5) is 0 Å². The smallest absolute Gasteiger partial charge is 0.251 e. The first-order valence-electron chi connectivity index (χ1n) is 7.48. The van der Waals surface area contributed by atoms with Crippen LogP contribution >= 0.6 is 0 Å². The van der Waals surface area contributed by atoms with Crippen molar-refractivity contribution in [1.29, 1.82) is 0 Å². The molecule has 130 valence electrons. The molecule has 1 atom stereocenters. The van der Waals surface area contributed by atoms with Crippen LogP contribution in [0.15, 0.2) is 29.3 Å². The Bertz CT molecular complexity index is 759. The lowest BCUT2D eigenvalue weighted by Crippen LogP contribution is -2.54. The van der Waals surface area contributed by atoms with Crippen molar-refractivity contribution >= 4 is 18.4 Å². The van der Waals surface area contributed by atoms with Gasteiger partial charge in [0.05, 0.1) is 5.54 Å². The largest absolute Gasteiger partial charge is 0.388 e. The number of aliphatic imine (C=N–C) groups is 1. The van der Waals surface area contributed by atoms with Crippen LogP contribution in [0.3, 0.4) is 0 Å². The van der Waals surface area contributed by atoms with Gasteiger partial charge in [-0.05, 0) is 56.7 Å². The van der Waals surface area contributed by atoms with Crippen LogP contribution in [0.1, 0.15) is 29.8 Å². The first-order chi connectivity index (χ1) is 11.9. The summed E-state index contributed by atoms with van der Waals surface area (Å²) in [6.07, 6.45) is 0. The summed E-state index contributed by atoms with van der Waals surface area (Å²) < 4.78 is 0. The maximum absolute atomic E-state index is 12.4. The summed E-state index contributed by atoms with van der Waals surface area (Å²) in [5.74, 6) is 9.20. The molecule has 0 saturated heterocycles. The van der Waals surface area contributed by atoms with Gasteiger partial charge in [0.1, 0.15) is 19.3 Å². The third kappa shape index (κ3) is 5.89. The molecule has 0 unspecified atom stereocenters. The number of rotatable bonds is 6. The number of hydrogen-bond acceptors (Lipinski definition) is 5. The topological polar surface area (TPSA) is 99.0 Å². The van der Waals surface area contributed by atoms with Crippen molar-refractivity contribution in [2.24, 2.45) is 4.99 Å². The van der Waals surface area contributed by atoms with Crippen molar-refractivity contribution < 1.29 is 19.8 Å². The number of carbonyl (C=O) groups is 2. The van der Waals surface area contributed by atoms with Crippen LogP contribution < -0.4 is 5.32 Å². The number of hydrogen-bond donors (Lipinski definition) is 3. The molecule has 6 heteroatoms. The summed E-state index contributed by atoms with van der Waals surface area (Å²) >= 11 is 0. The second-order valence-corrected chi connectivity index (χ2v) is 5.63. The van der Waals surface area contributed by atoms with Crippen molar-refractivity contribution in [3.63, 3.8) is 0 Å². The molecule has 0 bridgehead atoms. The van der Waals surface area contributed by atoms with Gasteiger partial charge in [-0.15, -0.1) is 0 Å². The van der Waals surface area contributed by atoms with E-state index in [0.29, 0.717) is 11.1 Å². The zero-order valence-corrected chi connectivity index (χ0v) is 14.2. The predicted molar refractivity (Wildman–Crippen MR) is 95.2 cm³/mol. The summed E-state index contributed by atoms with van der Waals surface area (Å²) in [5, 5.41) is 20.2. The Balaban J connectivity index is 2.93. The quantitative estimate of drug-likeness (QED) is 0.508. The Morgan fingerprint density at radius 1 is 1.24 bits per heavy atom. The highest BCUT2D eigenvalue weighted by atomic mass is 16.3. The van der Waals surface area contributed by atoms with Gasteiger partial charge in [-0.1, -0.05) is 11.8 Å². The van der Waals surface area contributed by atoms with Gasteiger partial charge in [0.15, 0.2) is 5.78 Å². The first kappa shape index (κ1) is 20.1. The van der Waals surface area contributed by atoms with Crippen LogP contribution in [0, 0.1) is 23.7 Å². The fraction of sp³-hybridized carbons (Fsp3) is 0.316. The molecule has 1 amide bonds. The molecule has 0 saturated carbocycles. The van der Waals surface area contributed by atoms with Crippen molar-refractivity contribution in [3.8, 4) is 23.7 Å². The number of carbonyl (C=O) groups excluding carboxylic acids is 2. The highest BCUT2D eigenvalue weighted by Crippen LogP contribution is 2.16. The average Bonchev–Trinajstić information content (AvgIpc) is 2.62. The van der Waals surface area contributed by atoms with E-state index in [0.717, 1.165) is 0 Å². The Morgan fingerprint density at radius 2 is 1.88 bits per heavy atom. The summed E-state index contributed by atoms with van der Waals surface area (Å²) in [5.41, 5.74) is 0.0363. The van der Waals surface area contributed by atoms with Gasteiger partial charge >= 0.3 is 0 Å². The SMILES string of the molecule is C=NC(C)(C)[C@H](NC(=O)c1ccc(C#CC#CCO)cc1)C(=O)CO. The van der Waals surface area contributed by atoms with Crippen molar-refractivity contribution in [2.45, 2.75) is 25.4 Å². The van der Waals surface area contributed by atoms with Gasteiger partial charge in [-0.25, -0.2) is 0 Å². The summed E-state index contributed by atoms with van der Waals surface area (Å²) in [6.45, 7) is 5.76. The van der Waals surface area contributed by atoms with E-state index in [4.69, 9.17) is 10.2 Å². The van der Waals surface area contributed by atoms with Crippen molar-refractivity contribution in [2.75, 3.05) is 13.2 Å². The van der Waals surface area contributed by atoms with Crippen molar-refractivity contribution in [3.05, 3.63) is 35.4 Å². The van der Waals surface area contributed by atoms with E-state index >= 15 is 0 Å². The predicted octanol–water partition coefficient (Wildman–Crippen LogP) is 0.173. The Hall–Kier alpha value is -2.93. The lowest BCUT2D eigenvalue weighted by Gasteiger charge is -2.29. The third-order valence-corrected chi connectivity index (χ3v) is 3.45. The summed E-state index contributed by atoms with van der Waals surface area (Å²) in [4.78, 5) is 28.1. The monoisotopic (exact) mass is 340 g/mol. The fourth-order valence-corrected chi connectivity index (χ4v) is 1.94. The summed E-state index contributed by atoms with van der Waals surface area (Å²) in [7, 11) is 0. The highest BCUT2D eigenvalue weighted by Gasteiger charge is 2.35. The second-order valence-electron chi connectivity index (χ2n) is 5.63. The number of nitrogens with one attached hydrogen (secondary N) is 1. The minimum atomic E-state index is -0.990. The second kappa shape index (κ2) is 9.39. The maximum Gasteiger partial charge on any atom is 0.251 e. The molecule has 1 rings (SSSR count). The molecule has 0 aliphatic heterocycles. The van der Waals surface area contributed by atoms with Crippen LogP contribution in [-0.2, 0) is 4.79 Å². The van der Waals surface area contributed by atoms with Crippen LogP contribution in [-0.4, -0.2) is 53.4 Å². The standard InChI is InChI=1S/C19H20N2O4/c1-19(2,20-3)17(16(24)13-23)21-18(25)15-10-8-14(9-11-15)7-5-4-6-12-22/h8-11,17,22-23H,3,12-13H2,1-2H3,(H,21,25)/t17-/m1/s1. The Morgan fingerprint density at radius 3 is 2.40 bits per heavy atom. The first-order valence-corrected chi connectivity index (χ1v) is 7.48. The van der Waals surface area contributed by atoms with Gasteiger partial charge in [-0.2, -0.15) is 0 Å². The molecular formula is C19H20N2O4. The van der Waals surface area contributed by atoms with Crippen molar-refractivity contribution in [1.82, 2.24) is 5.32 Å². The van der Waals surface area contributed by atoms with Gasteiger partial charge in [0.2, 0.25) is 0 Å². The lowest BCUT2D eigenvalue weighted by atomic mass is 9.91. The van der Waals surface area contributed by atoms with Gasteiger partial charge in [0.25, 0.3) is 5.91 Å². The minimum absolute atomic E-state index is 0.253. The number of benzene rings is 1. The number of aliphatic hydroxyl groups excluding tert-OH is 2. The average molecular weight is 340 g/mol. The fourth-order valence-electron chi connectivity index (χ4n) is 1.94. The van der Waals surface area contributed by atoms with E-state index in [-0.39, 0.29) is 6.61 Å². The van der Waals surface area contributed by atoms with Crippen LogP contribution in [0.5, 0.6) is 0 Å². The molecule has 25 heavy (non-hydrogen) atoms. The molecular weight excluding hydrogens is 320 g/mol. The molecule has 0 aromatic heterocycles. The number of nitrogens with zero attached hydrogens (tertiary/aromatic N) is 1. The molecule has 6 nitrogen and oxygen atoms in total. The molecule has 0 radical (unpaired) electrons. The molecule has 0 aliphatic carbocycles. The third-order valence-electron chi connectivity index (χ3n) is 3.45. The number of ketones is 1. The molecule has 1 aromatic carbocycles. The van der Waals surface area contributed by atoms with E-state index in [1.54, 1.807) is 38.1 Å². The lowest BCUT2D eigenvalue weighted by molar-refractivity contribution is -0.124. The Labute approximate surface area is 147 Å². The van der Waals surface area contributed by atoms with Crippen LogP contribution in [0.2, 0.25) is 0 Å². The molecule has 0 fully saturated rings. The summed E-state index contributed by atoms with van der Waals surface area (Å²) in [6, 6.07) is 5.42. The number of aliphatic hydroxyl groups is 2. The van der Waals surface area contributed by atoms with Gasteiger partial charge < -0.3 is 15.5 Å². The molecule has 0 aliphatic rings. The van der Waals surface area contributed by atoms with E-state index < -0.39 is 29.9 Å². The zero-order chi connectivity index (χ0) is 18.9.